The molecule has 3 heterocycles. The Labute approximate surface area is 230 Å². The molecule has 0 radical (unpaired) electrons. The Balaban J connectivity index is 1.97. The molecule has 0 aliphatic carbocycles. The number of nitrogens with zero attached hydrogens (tertiary/aromatic N) is 2. The van der Waals surface area contributed by atoms with Crippen molar-refractivity contribution in [3.05, 3.63) is 46.1 Å². The van der Waals surface area contributed by atoms with Gasteiger partial charge in [-0.15, -0.1) is 0 Å². The molecule has 9 heteroatoms. The highest BCUT2D eigenvalue weighted by Crippen LogP contribution is 2.50. The van der Waals surface area contributed by atoms with Crippen molar-refractivity contribution in [3.63, 3.8) is 0 Å². The molecule has 2 aromatic carbocycles. The van der Waals surface area contributed by atoms with Gasteiger partial charge < -0.3 is 18.8 Å². The van der Waals surface area contributed by atoms with Gasteiger partial charge in [-0.05, 0) is 93.8 Å². The minimum atomic E-state index is -3.58. The number of benzene rings is 2. The summed E-state index contributed by atoms with van der Waals surface area (Å²) in [4.78, 5) is 13.5. The zero-order valence-electron chi connectivity index (χ0n) is 24.1. The maximum atomic E-state index is 13.5. The van der Waals surface area contributed by atoms with Gasteiger partial charge in [-0.3, -0.25) is 4.31 Å². The Morgan fingerprint density at radius 2 is 1.82 bits per heavy atom. The third-order valence-electron chi connectivity index (χ3n) is 7.77. The number of hydrogen-bond acceptors (Lipinski definition) is 6. The van der Waals surface area contributed by atoms with E-state index >= 15 is 0 Å². The number of ether oxygens (including phenoxy) is 3. The summed E-state index contributed by atoms with van der Waals surface area (Å²) in [6, 6.07) is 4.06. The van der Waals surface area contributed by atoms with Gasteiger partial charge in [0.15, 0.2) is 6.10 Å². The zero-order valence-corrected chi connectivity index (χ0v) is 24.9. The number of anilines is 1. The predicted molar refractivity (Wildman–Crippen MR) is 153 cm³/mol. The summed E-state index contributed by atoms with van der Waals surface area (Å²) < 4.78 is 47.4. The van der Waals surface area contributed by atoms with Crippen LogP contribution < -0.4 is 9.04 Å². The Hall–Kier alpha value is -3.04. The number of carbonyl (C=O) groups excluding carboxylic acids is 1. The fourth-order valence-electron chi connectivity index (χ4n) is 6.19. The summed E-state index contributed by atoms with van der Waals surface area (Å²) in [6.45, 7) is 13.3. The van der Waals surface area contributed by atoms with Crippen molar-refractivity contribution >= 4 is 32.6 Å². The van der Waals surface area contributed by atoms with Crippen LogP contribution in [0.25, 0.3) is 22.0 Å². The molecule has 8 nitrogen and oxygen atoms in total. The molecule has 1 atom stereocenters. The lowest BCUT2D eigenvalue weighted by Gasteiger charge is -2.35. The monoisotopic (exact) mass is 554 g/mol. The molecule has 3 aromatic rings. The second-order valence-corrected chi connectivity index (χ2v) is 13.5. The smallest absolute Gasteiger partial charge is 0.339 e. The summed E-state index contributed by atoms with van der Waals surface area (Å²) in [7, 11) is -2.23. The number of methoxy groups -OCH3 is 1. The van der Waals surface area contributed by atoms with Crippen molar-refractivity contribution < 1.29 is 27.4 Å². The molecule has 1 aromatic heterocycles. The minimum absolute atomic E-state index is 0.312. The van der Waals surface area contributed by atoms with Crippen LogP contribution in [0.3, 0.4) is 0 Å². The van der Waals surface area contributed by atoms with Crippen molar-refractivity contribution in [2.45, 2.75) is 72.6 Å². The fraction of sp³-hybridized carbons (Fsp3) is 0.500. The minimum Gasteiger partial charge on any atom is -0.493 e. The van der Waals surface area contributed by atoms with Crippen molar-refractivity contribution in [1.82, 2.24) is 4.57 Å². The highest BCUT2D eigenvalue weighted by molar-refractivity contribution is 7.92. The second kappa shape index (κ2) is 9.55. The first-order valence-corrected chi connectivity index (χ1v) is 15.2. The maximum Gasteiger partial charge on any atom is 0.339 e. The average Bonchev–Trinajstić information content (AvgIpc) is 3.19. The van der Waals surface area contributed by atoms with E-state index in [2.05, 4.69) is 23.8 Å². The van der Waals surface area contributed by atoms with Crippen LogP contribution in [0, 0.1) is 20.8 Å². The first-order chi connectivity index (χ1) is 18.2. The molecule has 210 valence electrons. The lowest BCUT2D eigenvalue weighted by Crippen LogP contribution is -2.37. The molecular weight excluding hydrogens is 516 g/mol. The zero-order chi connectivity index (χ0) is 28.4. The summed E-state index contributed by atoms with van der Waals surface area (Å²) in [5.74, 6) is 0.362. The lowest BCUT2D eigenvalue weighted by atomic mass is 9.83. The quantitative estimate of drug-likeness (QED) is 0.394. The Morgan fingerprint density at radius 1 is 1.10 bits per heavy atom. The molecule has 0 spiro atoms. The largest absolute Gasteiger partial charge is 0.493 e. The molecule has 2 aliphatic heterocycles. The Morgan fingerprint density at radius 3 is 2.46 bits per heavy atom. The van der Waals surface area contributed by atoms with Gasteiger partial charge in [0.2, 0.25) is 10.0 Å². The normalized spacial score (nSPS) is 16.2. The first-order valence-electron chi connectivity index (χ1n) is 13.4. The lowest BCUT2D eigenvalue weighted by molar-refractivity contribution is -0.164. The van der Waals surface area contributed by atoms with Crippen LogP contribution in [-0.4, -0.2) is 51.1 Å². The van der Waals surface area contributed by atoms with Gasteiger partial charge in [-0.25, -0.2) is 13.2 Å². The SMILES string of the molecule is COC(=O)C(OC(C)(C)C)c1c(C)c2c3c(c(C)cn3CCN2S(C)(=O)=O)c1-c1ccc2c(c1C)CCCO2. The molecule has 5 rings (SSSR count). The highest BCUT2D eigenvalue weighted by atomic mass is 32.2. The van der Waals surface area contributed by atoms with Crippen LogP contribution >= 0.6 is 0 Å². The molecule has 0 saturated heterocycles. The maximum absolute atomic E-state index is 13.5. The van der Waals surface area contributed by atoms with Gasteiger partial charge in [0.1, 0.15) is 5.75 Å². The van der Waals surface area contributed by atoms with Crippen LogP contribution in [-0.2, 0) is 37.3 Å². The summed E-state index contributed by atoms with van der Waals surface area (Å²) in [5.41, 5.74) is 7.21. The van der Waals surface area contributed by atoms with E-state index < -0.39 is 27.7 Å². The number of fused-ring (bicyclic) bond motifs is 1. The molecule has 0 bridgehead atoms. The highest BCUT2D eigenvalue weighted by Gasteiger charge is 2.38. The van der Waals surface area contributed by atoms with Crippen LogP contribution in [0.2, 0.25) is 0 Å². The van der Waals surface area contributed by atoms with Gasteiger partial charge in [0, 0.05) is 23.7 Å². The molecular formula is C30H38N2O6S. The van der Waals surface area contributed by atoms with Gasteiger partial charge in [0.25, 0.3) is 0 Å². The fourth-order valence-corrected chi connectivity index (χ4v) is 7.16. The van der Waals surface area contributed by atoms with Gasteiger partial charge in [-0.2, -0.15) is 0 Å². The van der Waals surface area contributed by atoms with Crippen LogP contribution in [0.4, 0.5) is 5.69 Å². The van der Waals surface area contributed by atoms with Crippen molar-refractivity contribution in [2.75, 3.05) is 30.8 Å². The summed E-state index contributed by atoms with van der Waals surface area (Å²) in [6.07, 6.45) is 4.09. The summed E-state index contributed by atoms with van der Waals surface area (Å²) >= 11 is 0. The number of carbonyl (C=O) groups is 1. The number of esters is 1. The van der Waals surface area contributed by atoms with Gasteiger partial charge in [-0.1, -0.05) is 6.07 Å². The van der Waals surface area contributed by atoms with Crippen molar-refractivity contribution in [3.8, 4) is 16.9 Å². The van der Waals surface area contributed by atoms with E-state index in [0.29, 0.717) is 36.5 Å². The molecule has 39 heavy (non-hydrogen) atoms. The van der Waals surface area contributed by atoms with Crippen molar-refractivity contribution in [1.29, 1.82) is 0 Å². The van der Waals surface area contributed by atoms with E-state index in [1.165, 1.54) is 17.7 Å². The van der Waals surface area contributed by atoms with E-state index in [-0.39, 0.29) is 0 Å². The van der Waals surface area contributed by atoms with Gasteiger partial charge >= 0.3 is 5.97 Å². The van der Waals surface area contributed by atoms with E-state index in [1.54, 1.807) is 0 Å². The second-order valence-electron chi connectivity index (χ2n) is 11.6. The molecule has 2 aliphatic rings. The van der Waals surface area contributed by atoms with Crippen LogP contribution in [0.1, 0.15) is 61.1 Å². The third-order valence-corrected chi connectivity index (χ3v) is 8.93. The van der Waals surface area contributed by atoms with Crippen molar-refractivity contribution in [2.24, 2.45) is 0 Å². The standard InChI is InChI=1S/C30H38N2O6S/c1-17-16-31-13-14-32(39(8,34)35)26-19(3)24(28(29(33)36-7)38-30(4,5)6)25(23(17)27(26)31)21-11-12-22-20(18(21)2)10-9-15-37-22/h11-12,16,28H,9-10,13-15H2,1-8H3. The average molecular weight is 555 g/mol. The number of aromatic nitrogens is 1. The van der Waals surface area contributed by atoms with E-state index in [0.717, 1.165) is 57.3 Å². The first kappa shape index (κ1) is 27.5. The number of sulfonamides is 1. The number of aryl methyl sites for hydroxylation is 1. The van der Waals surface area contributed by atoms with E-state index in [1.807, 2.05) is 40.7 Å². The molecule has 0 fully saturated rings. The number of hydrogen-bond donors (Lipinski definition) is 0. The predicted octanol–water partition coefficient (Wildman–Crippen LogP) is 5.37. The van der Waals surface area contributed by atoms with E-state index in [9.17, 15) is 13.2 Å². The van der Waals surface area contributed by atoms with Crippen LogP contribution in [0.15, 0.2) is 18.3 Å². The molecule has 0 saturated carbocycles. The molecule has 0 N–H and O–H groups in total. The topological polar surface area (TPSA) is 87.1 Å². The van der Waals surface area contributed by atoms with Gasteiger partial charge in [0.05, 0.1) is 43.3 Å². The Bertz CT molecular complexity index is 1600. The van der Waals surface area contributed by atoms with Crippen LogP contribution in [0.5, 0.6) is 5.75 Å². The number of rotatable bonds is 5. The Kier molecular flexibility index (Phi) is 6.74. The third kappa shape index (κ3) is 4.59. The molecule has 0 amide bonds. The summed E-state index contributed by atoms with van der Waals surface area (Å²) in [5, 5.41) is 0.921. The van der Waals surface area contributed by atoms with E-state index in [4.69, 9.17) is 14.2 Å². The molecule has 1 unspecified atom stereocenters.